The molecular weight excluding hydrogens is 245 g/mol. The normalized spacial score (nSPS) is 12.0. The average molecular weight is 261 g/mol. The van der Waals surface area contributed by atoms with Gasteiger partial charge in [-0.15, -0.1) is 0 Å². The van der Waals surface area contributed by atoms with Gasteiger partial charge in [-0.2, -0.15) is 0 Å². The van der Waals surface area contributed by atoms with E-state index in [1.54, 1.807) is 37.3 Å². The summed E-state index contributed by atoms with van der Waals surface area (Å²) >= 11 is 0. The average Bonchev–Trinajstić information content (AvgIpc) is 2.41. The van der Waals surface area contributed by atoms with Crippen LogP contribution < -0.4 is 15.2 Å². The molecule has 0 bridgehead atoms. The van der Waals surface area contributed by atoms with Crippen molar-refractivity contribution in [3.63, 3.8) is 0 Å². The van der Waals surface area contributed by atoms with E-state index in [1.807, 2.05) is 6.07 Å². The molecule has 4 heteroatoms. The monoisotopic (exact) mass is 261 g/mol. The molecule has 19 heavy (non-hydrogen) atoms. The maximum Gasteiger partial charge on any atom is 0.169 e. The Bertz CT molecular complexity index is 570. The van der Waals surface area contributed by atoms with Crippen LogP contribution in [0.2, 0.25) is 0 Å². The van der Waals surface area contributed by atoms with Crippen LogP contribution in [0.4, 0.5) is 4.39 Å². The van der Waals surface area contributed by atoms with Crippen LogP contribution in [-0.4, -0.2) is 7.11 Å². The number of halogens is 1. The van der Waals surface area contributed by atoms with Gasteiger partial charge in [-0.25, -0.2) is 4.39 Å². The predicted octanol–water partition coefficient (Wildman–Crippen LogP) is 3.65. The second kappa shape index (κ2) is 5.71. The van der Waals surface area contributed by atoms with E-state index >= 15 is 0 Å². The summed E-state index contributed by atoms with van der Waals surface area (Å²) in [6, 6.07) is 11.6. The van der Waals surface area contributed by atoms with Crippen LogP contribution in [0.5, 0.6) is 17.2 Å². The van der Waals surface area contributed by atoms with Gasteiger partial charge in [0.1, 0.15) is 0 Å². The summed E-state index contributed by atoms with van der Waals surface area (Å²) in [5, 5.41) is 0. The summed E-state index contributed by atoms with van der Waals surface area (Å²) in [5.41, 5.74) is 6.43. The lowest BCUT2D eigenvalue weighted by atomic mass is 10.1. The van der Waals surface area contributed by atoms with Crippen LogP contribution in [-0.2, 0) is 0 Å². The van der Waals surface area contributed by atoms with Gasteiger partial charge in [0.2, 0.25) is 0 Å². The fraction of sp³-hybridized carbons (Fsp3) is 0.200. The molecule has 0 unspecified atom stereocenters. The smallest absolute Gasteiger partial charge is 0.169 e. The van der Waals surface area contributed by atoms with E-state index in [1.165, 1.54) is 13.2 Å². The summed E-state index contributed by atoms with van der Waals surface area (Å²) in [6.45, 7) is 1.80. The standard InChI is InChI=1S/C15H16FNO2/c1-10(17)11-7-8-13(12(16)9-11)19-15-6-4-3-5-14(15)18-2/h3-10H,17H2,1-2H3/t10-/m1/s1. The van der Waals surface area contributed by atoms with Gasteiger partial charge in [-0.3, -0.25) is 0 Å². The lowest BCUT2D eigenvalue weighted by Gasteiger charge is -2.12. The van der Waals surface area contributed by atoms with Crippen molar-refractivity contribution in [2.45, 2.75) is 13.0 Å². The summed E-state index contributed by atoms with van der Waals surface area (Å²) in [7, 11) is 1.54. The van der Waals surface area contributed by atoms with E-state index in [4.69, 9.17) is 15.2 Å². The Labute approximate surface area is 111 Å². The van der Waals surface area contributed by atoms with Crippen molar-refractivity contribution in [2.24, 2.45) is 5.73 Å². The Balaban J connectivity index is 2.28. The van der Waals surface area contributed by atoms with Gasteiger partial charge in [0, 0.05) is 6.04 Å². The van der Waals surface area contributed by atoms with Crippen molar-refractivity contribution in [1.29, 1.82) is 0 Å². The third kappa shape index (κ3) is 3.03. The molecule has 0 heterocycles. The first-order valence-electron chi connectivity index (χ1n) is 5.97. The first-order chi connectivity index (χ1) is 9.11. The molecule has 2 rings (SSSR count). The first-order valence-corrected chi connectivity index (χ1v) is 5.97. The quantitative estimate of drug-likeness (QED) is 0.913. The summed E-state index contributed by atoms with van der Waals surface area (Å²) in [4.78, 5) is 0. The molecule has 100 valence electrons. The Morgan fingerprint density at radius 3 is 2.32 bits per heavy atom. The Hall–Kier alpha value is -2.07. The van der Waals surface area contributed by atoms with Crippen LogP contribution in [0.25, 0.3) is 0 Å². The molecule has 0 saturated heterocycles. The van der Waals surface area contributed by atoms with Crippen LogP contribution in [0, 0.1) is 5.82 Å². The zero-order chi connectivity index (χ0) is 13.8. The zero-order valence-corrected chi connectivity index (χ0v) is 10.9. The number of hydrogen-bond donors (Lipinski definition) is 1. The minimum absolute atomic E-state index is 0.147. The largest absolute Gasteiger partial charge is 0.493 e. The maximum absolute atomic E-state index is 13.9. The number of ether oxygens (including phenoxy) is 2. The third-order valence-electron chi connectivity index (χ3n) is 2.77. The van der Waals surface area contributed by atoms with E-state index in [2.05, 4.69) is 0 Å². The molecule has 0 amide bonds. The molecule has 0 aliphatic carbocycles. The minimum Gasteiger partial charge on any atom is -0.493 e. The second-order valence-corrected chi connectivity index (χ2v) is 4.23. The molecule has 2 aromatic rings. The summed E-state index contributed by atoms with van der Waals surface area (Å²) < 4.78 is 24.6. The second-order valence-electron chi connectivity index (χ2n) is 4.23. The number of para-hydroxylation sites is 2. The number of benzene rings is 2. The van der Waals surface area contributed by atoms with Gasteiger partial charge in [-0.05, 0) is 36.8 Å². The Morgan fingerprint density at radius 1 is 1.05 bits per heavy atom. The molecule has 3 nitrogen and oxygen atoms in total. The molecular formula is C15H16FNO2. The molecule has 0 fully saturated rings. The van der Waals surface area contributed by atoms with E-state index < -0.39 is 5.82 Å². The van der Waals surface area contributed by atoms with Gasteiger partial charge in [0.15, 0.2) is 23.1 Å². The highest BCUT2D eigenvalue weighted by molar-refractivity contribution is 5.43. The van der Waals surface area contributed by atoms with Gasteiger partial charge in [0.25, 0.3) is 0 Å². The van der Waals surface area contributed by atoms with Crippen LogP contribution in [0.1, 0.15) is 18.5 Å². The predicted molar refractivity (Wildman–Crippen MR) is 72.1 cm³/mol. The number of methoxy groups -OCH3 is 1. The lowest BCUT2D eigenvalue weighted by Crippen LogP contribution is -2.05. The fourth-order valence-electron chi connectivity index (χ4n) is 1.70. The fourth-order valence-corrected chi connectivity index (χ4v) is 1.70. The molecule has 0 aromatic heterocycles. The van der Waals surface area contributed by atoms with E-state index in [-0.39, 0.29) is 11.8 Å². The molecule has 0 saturated carbocycles. The first kappa shape index (κ1) is 13.4. The van der Waals surface area contributed by atoms with Crippen LogP contribution >= 0.6 is 0 Å². The van der Waals surface area contributed by atoms with Gasteiger partial charge < -0.3 is 15.2 Å². The lowest BCUT2D eigenvalue weighted by molar-refractivity contribution is 0.371. The van der Waals surface area contributed by atoms with Crippen molar-refractivity contribution in [2.75, 3.05) is 7.11 Å². The van der Waals surface area contributed by atoms with Gasteiger partial charge in [0.05, 0.1) is 7.11 Å². The number of rotatable bonds is 4. The van der Waals surface area contributed by atoms with Crippen molar-refractivity contribution >= 4 is 0 Å². The highest BCUT2D eigenvalue weighted by Gasteiger charge is 2.10. The molecule has 0 spiro atoms. The summed E-state index contributed by atoms with van der Waals surface area (Å²) in [6.07, 6.45) is 0. The number of nitrogens with two attached hydrogens (primary N) is 1. The highest BCUT2D eigenvalue weighted by atomic mass is 19.1. The number of hydrogen-bond acceptors (Lipinski definition) is 3. The topological polar surface area (TPSA) is 44.5 Å². The molecule has 1 atom stereocenters. The van der Waals surface area contributed by atoms with Crippen molar-refractivity contribution in [1.82, 2.24) is 0 Å². The molecule has 0 radical (unpaired) electrons. The minimum atomic E-state index is -0.444. The van der Waals surface area contributed by atoms with Crippen LogP contribution in [0.3, 0.4) is 0 Å². The van der Waals surface area contributed by atoms with Crippen LogP contribution in [0.15, 0.2) is 42.5 Å². The molecule has 0 aliphatic rings. The van der Waals surface area contributed by atoms with Crippen molar-refractivity contribution < 1.29 is 13.9 Å². The third-order valence-corrected chi connectivity index (χ3v) is 2.77. The molecule has 2 aromatic carbocycles. The Morgan fingerprint density at radius 2 is 1.74 bits per heavy atom. The van der Waals surface area contributed by atoms with Crippen molar-refractivity contribution in [3.05, 3.63) is 53.8 Å². The van der Waals surface area contributed by atoms with Gasteiger partial charge in [-0.1, -0.05) is 18.2 Å². The molecule has 2 N–H and O–H groups in total. The summed E-state index contributed by atoms with van der Waals surface area (Å²) in [5.74, 6) is 0.727. The Kier molecular flexibility index (Phi) is 4.02. The maximum atomic E-state index is 13.9. The molecule has 0 aliphatic heterocycles. The highest BCUT2D eigenvalue weighted by Crippen LogP contribution is 2.32. The van der Waals surface area contributed by atoms with E-state index in [0.29, 0.717) is 11.5 Å². The van der Waals surface area contributed by atoms with Crippen molar-refractivity contribution in [3.8, 4) is 17.2 Å². The van der Waals surface area contributed by atoms with Gasteiger partial charge >= 0.3 is 0 Å². The SMILES string of the molecule is COc1ccccc1Oc1ccc([C@@H](C)N)cc1F. The van der Waals surface area contributed by atoms with E-state index in [9.17, 15) is 4.39 Å². The van der Waals surface area contributed by atoms with E-state index in [0.717, 1.165) is 5.56 Å². The zero-order valence-electron chi connectivity index (χ0n) is 10.9.